The fourth-order valence-electron chi connectivity index (χ4n) is 4.21. The van der Waals surface area contributed by atoms with Crippen molar-refractivity contribution in [2.45, 2.75) is 12.5 Å². The van der Waals surface area contributed by atoms with Crippen molar-refractivity contribution in [3.63, 3.8) is 0 Å². The highest BCUT2D eigenvalue weighted by Crippen LogP contribution is 2.42. The highest BCUT2D eigenvalue weighted by Gasteiger charge is 2.46. The summed E-state index contributed by atoms with van der Waals surface area (Å²) >= 11 is 0. The molecule has 0 aliphatic carbocycles. The summed E-state index contributed by atoms with van der Waals surface area (Å²) in [6, 6.07) is 19.7. The normalized spacial score (nSPS) is 17.8. The monoisotopic (exact) mass is 431 g/mol. The van der Waals surface area contributed by atoms with Crippen LogP contribution in [0.25, 0.3) is 16.5 Å². The van der Waals surface area contributed by atoms with Gasteiger partial charge in [-0.25, -0.2) is 0 Å². The molecule has 4 rings (SSSR count). The van der Waals surface area contributed by atoms with Gasteiger partial charge >= 0.3 is 0 Å². The highest BCUT2D eigenvalue weighted by molar-refractivity contribution is 6.46. The second-order valence-electron chi connectivity index (χ2n) is 7.64. The van der Waals surface area contributed by atoms with Crippen molar-refractivity contribution in [2.75, 3.05) is 27.4 Å². The lowest BCUT2D eigenvalue weighted by Crippen LogP contribution is -2.31. The molecule has 164 valence electrons. The number of aliphatic hydroxyl groups excluding tert-OH is 1. The van der Waals surface area contributed by atoms with Gasteiger partial charge in [0.1, 0.15) is 11.5 Å². The average molecular weight is 431 g/mol. The second kappa shape index (κ2) is 9.24. The Morgan fingerprint density at radius 1 is 0.969 bits per heavy atom. The van der Waals surface area contributed by atoms with Gasteiger partial charge in [-0.15, -0.1) is 0 Å². The molecule has 0 aromatic heterocycles. The molecular formula is C26H25NO5. The third kappa shape index (κ3) is 3.85. The van der Waals surface area contributed by atoms with Crippen LogP contribution in [0.5, 0.6) is 5.75 Å². The molecule has 1 aliphatic rings. The fourth-order valence-corrected chi connectivity index (χ4v) is 4.21. The first kappa shape index (κ1) is 21.6. The summed E-state index contributed by atoms with van der Waals surface area (Å²) < 4.78 is 10.3. The third-order valence-electron chi connectivity index (χ3n) is 5.77. The average Bonchev–Trinajstić information content (AvgIpc) is 3.08. The predicted molar refractivity (Wildman–Crippen MR) is 122 cm³/mol. The van der Waals surface area contributed by atoms with Crippen LogP contribution in [-0.4, -0.2) is 49.1 Å². The van der Waals surface area contributed by atoms with Gasteiger partial charge in [-0.2, -0.15) is 0 Å². The number of aliphatic hydroxyl groups is 1. The Morgan fingerprint density at radius 3 is 2.41 bits per heavy atom. The summed E-state index contributed by atoms with van der Waals surface area (Å²) in [4.78, 5) is 27.7. The van der Waals surface area contributed by atoms with Crippen molar-refractivity contribution in [3.8, 4) is 5.75 Å². The zero-order chi connectivity index (χ0) is 22.7. The maximum atomic E-state index is 13.1. The molecule has 1 aliphatic heterocycles. The molecule has 6 heteroatoms. The van der Waals surface area contributed by atoms with Crippen LogP contribution in [0.3, 0.4) is 0 Å². The lowest BCUT2D eigenvalue weighted by molar-refractivity contribution is -0.140. The van der Waals surface area contributed by atoms with Gasteiger partial charge in [-0.3, -0.25) is 9.59 Å². The molecule has 1 atom stereocenters. The first-order valence-electron chi connectivity index (χ1n) is 10.5. The highest BCUT2D eigenvalue weighted by atomic mass is 16.5. The van der Waals surface area contributed by atoms with E-state index in [0.717, 1.165) is 16.3 Å². The van der Waals surface area contributed by atoms with Crippen molar-refractivity contribution in [1.82, 2.24) is 4.90 Å². The molecule has 32 heavy (non-hydrogen) atoms. The van der Waals surface area contributed by atoms with Gasteiger partial charge < -0.3 is 19.5 Å². The van der Waals surface area contributed by atoms with Crippen molar-refractivity contribution < 1.29 is 24.2 Å². The Labute approximate surface area is 186 Å². The zero-order valence-electron chi connectivity index (χ0n) is 18.1. The standard InChI is InChI=1S/C26H25NO5/c1-31-16-6-15-27-23(21-10-5-8-17-7-3-4-9-20(17)21)22(25(29)26(27)30)24(28)18-11-13-19(32-2)14-12-18/h3-5,7-14,23,28H,6,15-16H2,1-2H3/t23-/m1/s1. The number of amides is 1. The van der Waals surface area contributed by atoms with E-state index in [1.54, 1.807) is 38.5 Å². The van der Waals surface area contributed by atoms with E-state index in [1.165, 1.54) is 4.90 Å². The van der Waals surface area contributed by atoms with Crippen LogP contribution in [0.15, 0.2) is 72.3 Å². The van der Waals surface area contributed by atoms with Crippen molar-refractivity contribution in [1.29, 1.82) is 0 Å². The van der Waals surface area contributed by atoms with Crippen LogP contribution < -0.4 is 4.74 Å². The Hall–Kier alpha value is -3.64. The summed E-state index contributed by atoms with van der Waals surface area (Å²) in [6.45, 7) is 0.801. The molecule has 0 spiro atoms. The lowest BCUT2D eigenvalue weighted by Gasteiger charge is -2.26. The summed E-state index contributed by atoms with van der Waals surface area (Å²) in [5.74, 6) is -0.867. The van der Waals surface area contributed by atoms with Gasteiger partial charge in [-0.1, -0.05) is 42.5 Å². The largest absolute Gasteiger partial charge is 0.507 e. The smallest absolute Gasteiger partial charge is 0.295 e. The number of ether oxygens (including phenoxy) is 2. The summed E-state index contributed by atoms with van der Waals surface area (Å²) in [6.07, 6.45) is 0.577. The molecule has 1 amide bonds. The van der Waals surface area contributed by atoms with Crippen LogP contribution in [0.2, 0.25) is 0 Å². The van der Waals surface area contributed by atoms with Crippen molar-refractivity contribution >= 4 is 28.2 Å². The Bertz CT molecular complexity index is 1180. The van der Waals surface area contributed by atoms with Crippen LogP contribution in [-0.2, 0) is 14.3 Å². The summed E-state index contributed by atoms with van der Waals surface area (Å²) in [7, 11) is 3.15. The number of hydrogen-bond acceptors (Lipinski definition) is 5. The van der Waals surface area contributed by atoms with Gasteiger partial charge in [0.05, 0.1) is 18.7 Å². The molecule has 0 radical (unpaired) electrons. The molecule has 1 N–H and O–H groups in total. The number of nitrogens with zero attached hydrogens (tertiary/aromatic N) is 1. The van der Waals surface area contributed by atoms with Crippen molar-refractivity contribution in [3.05, 3.63) is 83.4 Å². The van der Waals surface area contributed by atoms with E-state index >= 15 is 0 Å². The minimum atomic E-state index is -0.694. The number of Topliss-reactive ketones (excluding diaryl/α,β-unsaturated/α-hetero) is 1. The number of hydrogen-bond donors (Lipinski definition) is 1. The van der Waals surface area contributed by atoms with Crippen LogP contribution in [0, 0.1) is 0 Å². The quantitative estimate of drug-likeness (QED) is 0.261. The number of likely N-dealkylation sites (tertiary alicyclic amines) is 1. The molecule has 0 bridgehead atoms. The molecule has 1 saturated heterocycles. The summed E-state index contributed by atoms with van der Waals surface area (Å²) in [5.41, 5.74) is 1.34. The number of fused-ring (bicyclic) bond motifs is 1. The van der Waals surface area contributed by atoms with E-state index in [4.69, 9.17) is 9.47 Å². The van der Waals surface area contributed by atoms with Gasteiger partial charge in [0.2, 0.25) is 0 Å². The summed E-state index contributed by atoms with van der Waals surface area (Å²) in [5, 5.41) is 13.1. The number of carbonyl (C=O) groups is 2. The lowest BCUT2D eigenvalue weighted by atomic mass is 9.91. The topological polar surface area (TPSA) is 76.1 Å². The SMILES string of the molecule is COCCCN1C(=O)C(=O)C(=C(O)c2ccc(OC)cc2)[C@H]1c1cccc2ccccc12. The van der Waals surface area contributed by atoms with Gasteiger partial charge in [0.25, 0.3) is 11.7 Å². The van der Waals surface area contributed by atoms with E-state index in [2.05, 4.69) is 0 Å². The zero-order valence-corrected chi connectivity index (χ0v) is 18.1. The van der Waals surface area contributed by atoms with Crippen LogP contribution in [0.4, 0.5) is 0 Å². The number of methoxy groups -OCH3 is 2. The number of carbonyl (C=O) groups excluding carboxylic acids is 2. The Morgan fingerprint density at radius 2 is 1.69 bits per heavy atom. The molecule has 0 saturated carbocycles. The van der Waals surface area contributed by atoms with E-state index in [-0.39, 0.29) is 11.3 Å². The predicted octanol–water partition coefficient (Wildman–Crippen LogP) is 4.31. The minimum absolute atomic E-state index is 0.0916. The molecule has 3 aromatic rings. The maximum absolute atomic E-state index is 13.1. The fraction of sp³-hybridized carbons (Fsp3) is 0.231. The van der Waals surface area contributed by atoms with E-state index in [9.17, 15) is 14.7 Å². The molecule has 1 fully saturated rings. The first-order valence-corrected chi connectivity index (χ1v) is 10.5. The van der Waals surface area contributed by atoms with Crippen LogP contribution in [0.1, 0.15) is 23.6 Å². The third-order valence-corrected chi connectivity index (χ3v) is 5.77. The van der Waals surface area contributed by atoms with Crippen molar-refractivity contribution in [2.24, 2.45) is 0 Å². The first-order chi connectivity index (χ1) is 15.6. The van der Waals surface area contributed by atoms with Gasteiger partial charge in [0.15, 0.2) is 0 Å². The molecule has 0 unspecified atom stereocenters. The molecule has 3 aromatic carbocycles. The number of ketones is 1. The Kier molecular flexibility index (Phi) is 6.23. The molecule has 6 nitrogen and oxygen atoms in total. The Balaban J connectivity index is 1.89. The van der Waals surface area contributed by atoms with E-state index in [0.29, 0.717) is 30.9 Å². The number of rotatable bonds is 7. The van der Waals surface area contributed by atoms with Gasteiger partial charge in [0, 0.05) is 25.8 Å². The molecular weight excluding hydrogens is 406 g/mol. The molecule has 1 heterocycles. The van der Waals surface area contributed by atoms with E-state index < -0.39 is 17.7 Å². The van der Waals surface area contributed by atoms with Gasteiger partial charge in [-0.05, 0) is 47.0 Å². The minimum Gasteiger partial charge on any atom is -0.507 e. The number of benzene rings is 3. The second-order valence-corrected chi connectivity index (χ2v) is 7.64. The maximum Gasteiger partial charge on any atom is 0.295 e. The van der Waals surface area contributed by atoms with Crippen LogP contribution >= 0.6 is 0 Å². The van der Waals surface area contributed by atoms with E-state index in [1.807, 2.05) is 42.5 Å².